The normalized spacial score (nSPS) is 14.8. The van der Waals surface area contributed by atoms with Gasteiger partial charge in [0, 0.05) is 17.6 Å². The fourth-order valence-electron chi connectivity index (χ4n) is 1.18. The number of nitrogens with one attached hydrogen (secondary N) is 1. The van der Waals surface area contributed by atoms with Crippen LogP contribution in [0.25, 0.3) is 0 Å². The van der Waals surface area contributed by atoms with Gasteiger partial charge in [-0.25, -0.2) is 8.42 Å². The first-order valence-corrected chi connectivity index (χ1v) is 8.41. The van der Waals surface area contributed by atoms with E-state index in [-0.39, 0.29) is 4.83 Å². The number of amides is 1. The average Bonchev–Trinajstić information content (AvgIpc) is 2.10. The third kappa shape index (κ3) is 5.38. The second-order valence-corrected chi connectivity index (χ2v) is 9.08. The van der Waals surface area contributed by atoms with Gasteiger partial charge < -0.3 is 5.32 Å². The molecule has 0 aliphatic rings. The summed E-state index contributed by atoms with van der Waals surface area (Å²) in [6.45, 7) is 7.47. The van der Waals surface area contributed by atoms with Crippen LogP contribution in [-0.4, -0.2) is 36.7 Å². The van der Waals surface area contributed by atoms with Crippen LogP contribution in [0.5, 0.6) is 0 Å². The van der Waals surface area contributed by atoms with Crippen molar-refractivity contribution < 1.29 is 13.2 Å². The van der Waals surface area contributed by atoms with Gasteiger partial charge in [0.1, 0.15) is 4.75 Å². The molecule has 0 aromatic heterocycles. The molecule has 4 nitrogen and oxygen atoms in total. The summed E-state index contributed by atoms with van der Waals surface area (Å²) in [4.78, 5) is 12.0. The van der Waals surface area contributed by atoms with Gasteiger partial charge in [-0.1, -0.05) is 29.8 Å². The molecule has 0 heterocycles. The molecule has 0 fully saturated rings. The number of rotatable bonds is 6. The largest absolute Gasteiger partial charge is 0.354 e. The summed E-state index contributed by atoms with van der Waals surface area (Å²) in [5.74, 6) is 0.0763. The molecule has 0 bridgehead atoms. The van der Waals surface area contributed by atoms with Gasteiger partial charge in [-0.3, -0.25) is 4.79 Å². The first kappa shape index (κ1) is 16.9. The fourth-order valence-corrected chi connectivity index (χ4v) is 2.50. The number of carbonyl (C=O) groups excluding carboxylic acids is 1. The molecule has 17 heavy (non-hydrogen) atoms. The molecule has 6 heteroatoms. The van der Waals surface area contributed by atoms with Gasteiger partial charge in [-0.2, -0.15) is 0 Å². The lowest BCUT2D eigenvalue weighted by molar-refractivity contribution is -0.122. The summed E-state index contributed by atoms with van der Waals surface area (Å²) >= 11 is 3.46. The van der Waals surface area contributed by atoms with Crippen molar-refractivity contribution in [2.24, 2.45) is 5.92 Å². The van der Waals surface area contributed by atoms with Crippen LogP contribution in [-0.2, 0) is 14.6 Å². The molecular formula is C11H22BrNO3S. The van der Waals surface area contributed by atoms with E-state index in [2.05, 4.69) is 35.1 Å². The van der Waals surface area contributed by atoms with Crippen molar-refractivity contribution in [1.82, 2.24) is 5.32 Å². The Hall–Kier alpha value is -0.100. The average molecular weight is 328 g/mol. The van der Waals surface area contributed by atoms with Crippen LogP contribution in [0.3, 0.4) is 0 Å². The zero-order valence-corrected chi connectivity index (χ0v) is 13.5. The molecule has 0 radical (unpaired) electrons. The molecule has 1 unspecified atom stereocenters. The van der Waals surface area contributed by atoms with Crippen molar-refractivity contribution >= 4 is 31.7 Å². The van der Waals surface area contributed by atoms with Crippen LogP contribution in [0, 0.1) is 5.92 Å². The number of hydrogen-bond donors (Lipinski definition) is 1. The van der Waals surface area contributed by atoms with E-state index in [1.54, 1.807) is 0 Å². The van der Waals surface area contributed by atoms with Crippen LogP contribution in [0.2, 0.25) is 0 Å². The lowest BCUT2D eigenvalue weighted by Crippen LogP contribution is -2.48. The second-order valence-electron chi connectivity index (χ2n) is 5.22. The Morgan fingerprint density at radius 2 is 1.82 bits per heavy atom. The molecule has 0 rings (SSSR count). The minimum absolute atomic E-state index is 0.168. The topological polar surface area (TPSA) is 63.2 Å². The van der Waals surface area contributed by atoms with Gasteiger partial charge >= 0.3 is 0 Å². The van der Waals surface area contributed by atoms with E-state index in [0.717, 1.165) is 12.7 Å². The number of halogens is 1. The fraction of sp³-hybridized carbons (Fsp3) is 0.909. The first-order chi connectivity index (χ1) is 7.48. The highest BCUT2D eigenvalue weighted by molar-refractivity contribution is 9.09. The van der Waals surface area contributed by atoms with E-state index in [1.165, 1.54) is 13.8 Å². The van der Waals surface area contributed by atoms with E-state index in [9.17, 15) is 13.2 Å². The molecule has 0 aliphatic heterocycles. The molecule has 0 saturated carbocycles. The van der Waals surface area contributed by atoms with Gasteiger partial charge in [0.05, 0.1) is 0 Å². The van der Waals surface area contributed by atoms with Crippen molar-refractivity contribution in [3.8, 4) is 0 Å². The Balaban J connectivity index is 4.38. The summed E-state index contributed by atoms with van der Waals surface area (Å²) < 4.78 is 21.5. The van der Waals surface area contributed by atoms with Gasteiger partial charge in [-0.15, -0.1) is 0 Å². The Morgan fingerprint density at radius 1 is 1.35 bits per heavy atom. The molecule has 0 saturated heterocycles. The van der Waals surface area contributed by atoms with Crippen LogP contribution in [0.1, 0.15) is 34.1 Å². The summed E-state index contributed by atoms with van der Waals surface area (Å²) in [6.07, 6.45) is 2.01. The Bertz CT molecular complexity index is 363. The molecule has 0 aromatic carbocycles. The molecule has 0 aliphatic carbocycles. The highest BCUT2D eigenvalue weighted by Crippen LogP contribution is 2.16. The molecule has 0 spiro atoms. The van der Waals surface area contributed by atoms with E-state index in [4.69, 9.17) is 0 Å². The van der Waals surface area contributed by atoms with Crippen LogP contribution in [0.15, 0.2) is 0 Å². The number of carbonyl (C=O) groups is 1. The smallest absolute Gasteiger partial charge is 0.240 e. The molecule has 1 amide bonds. The molecule has 0 aromatic rings. The lowest BCUT2D eigenvalue weighted by Gasteiger charge is -2.22. The number of sulfone groups is 1. The van der Waals surface area contributed by atoms with Gasteiger partial charge in [0.15, 0.2) is 9.84 Å². The minimum atomic E-state index is -3.40. The molecular weight excluding hydrogens is 306 g/mol. The lowest BCUT2D eigenvalue weighted by atomic mass is 10.1. The number of hydrogen-bond acceptors (Lipinski definition) is 3. The van der Waals surface area contributed by atoms with Crippen molar-refractivity contribution in [2.45, 2.75) is 43.7 Å². The highest BCUT2D eigenvalue weighted by atomic mass is 79.9. The predicted molar refractivity (Wildman–Crippen MR) is 74.1 cm³/mol. The SMILES string of the molecule is CC(C)CC(Br)CNC(=O)C(C)(C)S(C)(=O)=O. The van der Waals surface area contributed by atoms with Crippen molar-refractivity contribution in [1.29, 1.82) is 0 Å². The maximum Gasteiger partial charge on any atom is 0.240 e. The third-order valence-corrected chi connectivity index (χ3v) is 5.42. The molecule has 1 N–H and O–H groups in total. The Morgan fingerprint density at radius 3 is 2.18 bits per heavy atom. The summed E-state index contributed by atoms with van der Waals surface area (Å²) in [5, 5.41) is 2.67. The van der Waals surface area contributed by atoms with Crippen molar-refractivity contribution in [3.05, 3.63) is 0 Å². The number of alkyl halides is 1. The van der Waals surface area contributed by atoms with E-state index < -0.39 is 20.5 Å². The molecule has 102 valence electrons. The minimum Gasteiger partial charge on any atom is -0.354 e. The van der Waals surface area contributed by atoms with E-state index in [0.29, 0.717) is 12.5 Å². The van der Waals surface area contributed by atoms with Crippen LogP contribution in [0.4, 0.5) is 0 Å². The summed E-state index contributed by atoms with van der Waals surface area (Å²) in [7, 11) is -3.40. The van der Waals surface area contributed by atoms with Gasteiger partial charge in [0.25, 0.3) is 0 Å². The standard InChI is InChI=1S/C11H22BrNO3S/c1-8(2)6-9(12)7-13-10(14)11(3,4)17(5,15)16/h8-9H,6-7H2,1-5H3,(H,13,14). The van der Waals surface area contributed by atoms with Gasteiger partial charge in [-0.05, 0) is 26.2 Å². The van der Waals surface area contributed by atoms with E-state index >= 15 is 0 Å². The summed E-state index contributed by atoms with van der Waals surface area (Å²) in [6, 6.07) is 0. The van der Waals surface area contributed by atoms with Crippen LogP contribution < -0.4 is 5.32 Å². The second kappa shape index (κ2) is 6.18. The van der Waals surface area contributed by atoms with Gasteiger partial charge in [0.2, 0.25) is 5.91 Å². The summed E-state index contributed by atoms with van der Waals surface area (Å²) in [5.41, 5.74) is 0. The highest BCUT2D eigenvalue weighted by Gasteiger charge is 2.38. The quantitative estimate of drug-likeness (QED) is 0.756. The van der Waals surface area contributed by atoms with Crippen molar-refractivity contribution in [3.63, 3.8) is 0 Å². The zero-order chi connectivity index (χ0) is 13.9. The monoisotopic (exact) mass is 327 g/mol. The van der Waals surface area contributed by atoms with Crippen LogP contribution >= 0.6 is 15.9 Å². The van der Waals surface area contributed by atoms with Crippen molar-refractivity contribution in [2.75, 3.05) is 12.8 Å². The predicted octanol–water partition coefficient (Wildman–Crippen LogP) is 1.74. The Labute approximate surface area is 113 Å². The maximum atomic E-state index is 11.8. The molecule has 1 atom stereocenters. The van der Waals surface area contributed by atoms with E-state index in [1.807, 2.05) is 0 Å². The Kier molecular flexibility index (Phi) is 6.14. The first-order valence-electron chi connectivity index (χ1n) is 5.60. The zero-order valence-electron chi connectivity index (χ0n) is 11.1. The maximum absolute atomic E-state index is 11.8. The third-order valence-electron chi connectivity index (χ3n) is 2.69.